The zero-order chi connectivity index (χ0) is 24.4. The lowest BCUT2D eigenvalue weighted by Gasteiger charge is -2.08. The summed E-state index contributed by atoms with van der Waals surface area (Å²) in [5, 5.41) is 16.6. The predicted molar refractivity (Wildman–Crippen MR) is 120 cm³/mol. The van der Waals surface area contributed by atoms with E-state index >= 15 is 0 Å². The zero-order valence-electron chi connectivity index (χ0n) is 18.3. The van der Waals surface area contributed by atoms with E-state index in [-0.39, 0.29) is 34.9 Å². The molecule has 0 unspecified atom stereocenters. The predicted octanol–water partition coefficient (Wildman–Crippen LogP) is 2.78. The van der Waals surface area contributed by atoms with Crippen molar-refractivity contribution >= 4 is 27.5 Å². The van der Waals surface area contributed by atoms with Crippen LogP contribution in [0.3, 0.4) is 0 Å². The maximum Gasteiger partial charge on any atom is 0.262 e. The number of aryl methyl sites for hydroxylation is 2. The average Bonchev–Trinajstić information content (AvgIpc) is 3.38. The Morgan fingerprint density at radius 2 is 2.00 bits per heavy atom. The van der Waals surface area contributed by atoms with Crippen molar-refractivity contribution in [1.82, 2.24) is 25.0 Å². The molecule has 4 aromatic rings. The third-order valence-electron chi connectivity index (χ3n) is 5.19. The Kier molecular flexibility index (Phi) is 6.80. The fourth-order valence-corrected chi connectivity index (χ4v) is 4.46. The highest BCUT2D eigenvalue weighted by Crippen LogP contribution is 2.27. The molecule has 0 bridgehead atoms. The first-order chi connectivity index (χ1) is 16.2. The summed E-state index contributed by atoms with van der Waals surface area (Å²) in [5.41, 5.74) is 1.75. The molecule has 34 heavy (non-hydrogen) atoms. The van der Waals surface area contributed by atoms with Crippen LogP contribution in [0.5, 0.6) is 0 Å². The van der Waals surface area contributed by atoms with Gasteiger partial charge in [-0.15, -0.1) is 11.3 Å². The number of rotatable bonds is 8. The molecule has 3 heterocycles. The Hall–Kier alpha value is -3.51. The summed E-state index contributed by atoms with van der Waals surface area (Å²) in [6.07, 6.45) is -2.05. The second-order valence-corrected chi connectivity index (χ2v) is 8.75. The highest BCUT2D eigenvalue weighted by molar-refractivity contribution is 7.20. The summed E-state index contributed by atoms with van der Waals surface area (Å²) < 4.78 is 31.3. The summed E-state index contributed by atoms with van der Waals surface area (Å²) in [5.74, 6) is -0.243. The van der Waals surface area contributed by atoms with Gasteiger partial charge in [-0.3, -0.25) is 14.2 Å². The van der Waals surface area contributed by atoms with Gasteiger partial charge in [0.05, 0.1) is 29.2 Å². The van der Waals surface area contributed by atoms with E-state index in [2.05, 4.69) is 20.4 Å². The van der Waals surface area contributed by atoms with E-state index in [1.807, 2.05) is 31.2 Å². The minimum absolute atomic E-state index is 0.0579. The Labute approximate surface area is 196 Å². The molecule has 0 saturated heterocycles. The maximum atomic E-state index is 13.0. The molecule has 0 aliphatic heterocycles. The molecule has 12 heteroatoms. The van der Waals surface area contributed by atoms with Crippen molar-refractivity contribution < 1.29 is 23.2 Å². The van der Waals surface area contributed by atoms with Crippen LogP contribution in [0.1, 0.15) is 44.2 Å². The Morgan fingerprint density at radius 1 is 1.26 bits per heavy atom. The number of carbonyl (C=O) groups excluding carboxylic acids is 1. The van der Waals surface area contributed by atoms with Crippen molar-refractivity contribution in [2.75, 3.05) is 6.54 Å². The van der Waals surface area contributed by atoms with Gasteiger partial charge in [0.2, 0.25) is 5.89 Å². The minimum Gasteiger partial charge on any atom is -0.388 e. The second-order valence-electron chi connectivity index (χ2n) is 7.75. The number of aliphatic hydroxyl groups is 1. The van der Waals surface area contributed by atoms with Crippen LogP contribution in [0, 0.1) is 13.8 Å². The molecule has 3 aromatic heterocycles. The Bertz CT molecular complexity index is 1380. The van der Waals surface area contributed by atoms with Gasteiger partial charge < -0.3 is 14.9 Å². The monoisotopic (exact) mass is 489 g/mol. The number of aliphatic hydroxyl groups excluding tert-OH is 1. The summed E-state index contributed by atoms with van der Waals surface area (Å²) >= 11 is 0.962. The number of amides is 1. The SMILES string of the molecule is Cc1ccc([C@@H](O)Cc2noc(Cn3cnc4sc(C(=O)NCC(F)F)c(C)c4c3=O)n2)cc1. The molecule has 0 fully saturated rings. The van der Waals surface area contributed by atoms with E-state index in [1.165, 1.54) is 10.9 Å². The molecule has 178 valence electrons. The first-order valence-electron chi connectivity index (χ1n) is 10.3. The van der Waals surface area contributed by atoms with Gasteiger partial charge in [-0.1, -0.05) is 35.0 Å². The maximum absolute atomic E-state index is 13.0. The van der Waals surface area contributed by atoms with Crippen molar-refractivity contribution in [2.45, 2.75) is 39.3 Å². The molecule has 4 rings (SSSR count). The van der Waals surface area contributed by atoms with Crippen LogP contribution in [0.4, 0.5) is 8.78 Å². The van der Waals surface area contributed by atoms with E-state index in [0.717, 1.165) is 22.5 Å². The van der Waals surface area contributed by atoms with Gasteiger partial charge in [0, 0.05) is 6.42 Å². The average molecular weight is 490 g/mol. The van der Waals surface area contributed by atoms with Gasteiger partial charge in [-0.2, -0.15) is 4.98 Å². The van der Waals surface area contributed by atoms with Crippen LogP contribution in [0.2, 0.25) is 0 Å². The lowest BCUT2D eigenvalue weighted by atomic mass is 10.0. The molecular weight excluding hydrogens is 468 g/mol. The Balaban J connectivity index is 1.51. The largest absolute Gasteiger partial charge is 0.388 e. The third kappa shape index (κ3) is 5.02. The van der Waals surface area contributed by atoms with Crippen LogP contribution >= 0.6 is 11.3 Å². The topological polar surface area (TPSA) is 123 Å². The van der Waals surface area contributed by atoms with Crippen LogP contribution in [0.15, 0.2) is 39.9 Å². The van der Waals surface area contributed by atoms with E-state index in [0.29, 0.717) is 10.4 Å². The second kappa shape index (κ2) is 9.77. The number of thiophene rings is 1. The van der Waals surface area contributed by atoms with Gasteiger partial charge in [-0.05, 0) is 25.0 Å². The molecule has 0 spiro atoms. The zero-order valence-corrected chi connectivity index (χ0v) is 19.1. The van der Waals surface area contributed by atoms with Crippen LogP contribution in [-0.4, -0.2) is 43.7 Å². The van der Waals surface area contributed by atoms with E-state index in [1.54, 1.807) is 6.92 Å². The number of benzene rings is 1. The number of carbonyl (C=O) groups is 1. The van der Waals surface area contributed by atoms with Crippen molar-refractivity contribution in [3.63, 3.8) is 0 Å². The molecule has 0 aliphatic carbocycles. The number of aromatic nitrogens is 4. The normalized spacial score (nSPS) is 12.4. The summed E-state index contributed by atoms with van der Waals surface area (Å²) in [4.78, 5) is 34.2. The van der Waals surface area contributed by atoms with Gasteiger partial charge in [0.15, 0.2) is 5.82 Å². The van der Waals surface area contributed by atoms with Crippen LogP contribution in [-0.2, 0) is 13.0 Å². The molecule has 1 atom stereocenters. The van der Waals surface area contributed by atoms with Gasteiger partial charge in [0.25, 0.3) is 17.9 Å². The van der Waals surface area contributed by atoms with Gasteiger partial charge in [-0.25, -0.2) is 13.8 Å². The molecule has 0 aliphatic rings. The lowest BCUT2D eigenvalue weighted by Crippen LogP contribution is -2.28. The summed E-state index contributed by atoms with van der Waals surface area (Å²) in [6.45, 7) is 2.69. The number of alkyl halides is 2. The van der Waals surface area contributed by atoms with Crippen LogP contribution in [0.25, 0.3) is 10.2 Å². The van der Waals surface area contributed by atoms with Crippen molar-refractivity contribution in [3.8, 4) is 0 Å². The molecule has 0 radical (unpaired) electrons. The number of hydrogen-bond acceptors (Lipinski definition) is 8. The standard InChI is InChI=1S/C22H21F2N5O4S/c1-11-3-5-13(6-4-11)14(30)7-16-27-17(33-28-16)9-29-10-26-21-18(22(29)32)12(2)19(34-21)20(31)25-8-15(23)24/h3-6,10,14-15,30H,7-9H2,1-2H3,(H,25,31)/t14-/m0/s1. The highest BCUT2D eigenvalue weighted by atomic mass is 32.1. The third-order valence-corrected chi connectivity index (χ3v) is 6.39. The molecule has 9 nitrogen and oxygen atoms in total. The fourth-order valence-electron chi connectivity index (χ4n) is 3.40. The van der Waals surface area contributed by atoms with Crippen molar-refractivity contribution in [1.29, 1.82) is 0 Å². The van der Waals surface area contributed by atoms with E-state index < -0.39 is 30.5 Å². The number of fused-ring (bicyclic) bond motifs is 1. The quantitative estimate of drug-likeness (QED) is 0.390. The van der Waals surface area contributed by atoms with Gasteiger partial charge in [0.1, 0.15) is 11.4 Å². The summed E-state index contributed by atoms with van der Waals surface area (Å²) in [6, 6.07) is 7.45. The summed E-state index contributed by atoms with van der Waals surface area (Å²) in [7, 11) is 0. The first-order valence-corrected chi connectivity index (χ1v) is 11.2. The molecule has 1 aromatic carbocycles. The Morgan fingerprint density at radius 3 is 2.71 bits per heavy atom. The van der Waals surface area contributed by atoms with Crippen molar-refractivity contribution in [3.05, 3.63) is 74.2 Å². The molecule has 2 N–H and O–H groups in total. The molecular formula is C22H21F2N5O4S. The number of nitrogens with one attached hydrogen (secondary N) is 1. The molecule has 0 saturated carbocycles. The van der Waals surface area contributed by atoms with E-state index in [9.17, 15) is 23.5 Å². The number of nitrogens with zero attached hydrogens (tertiary/aromatic N) is 4. The number of hydrogen-bond donors (Lipinski definition) is 2. The van der Waals surface area contributed by atoms with Crippen LogP contribution < -0.4 is 10.9 Å². The number of halogens is 2. The lowest BCUT2D eigenvalue weighted by molar-refractivity contribution is 0.0895. The smallest absolute Gasteiger partial charge is 0.262 e. The van der Waals surface area contributed by atoms with E-state index in [4.69, 9.17) is 4.52 Å². The first kappa shape index (κ1) is 23.6. The fraction of sp³-hybridized carbons (Fsp3) is 0.318. The van der Waals surface area contributed by atoms with Crippen molar-refractivity contribution in [2.24, 2.45) is 0 Å². The van der Waals surface area contributed by atoms with Gasteiger partial charge >= 0.3 is 0 Å². The highest BCUT2D eigenvalue weighted by Gasteiger charge is 2.21. The molecule has 1 amide bonds. The minimum atomic E-state index is -2.67.